The van der Waals surface area contributed by atoms with E-state index in [1.54, 1.807) is 0 Å². The molecule has 0 saturated heterocycles. The molecule has 546 valence electrons. The highest BCUT2D eigenvalue weighted by atomic mass is 31.2. The van der Waals surface area contributed by atoms with Gasteiger partial charge in [-0.1, -0.05) is 318 Å². The van der Waals surface area contributed by atoms with Gasteiger partial charge in [0.25, 0.3) is 0 Å². The van der Waals surface area contributed by atoms with E-state index in [4.69, 9.17) is 37.0 Å². The van der Waals surface area contributed by atoms with Crippen LogP contribution in [0.25, 0.3) is 0 Å². The summed E-state index contributed by atoms with van der Waals surface area (Å²) in [6.07, 6.45) is 48.6. The standard InChI is InChI=1S/C73H142O17P2/c1-8-9-10-11-12-13-14-22-28-33-42-49-56-72(77)90-69(61-84-71(76)55-48-41-36-35-39-46-53-66(6)7)63-88-92(81,82)86-59-67(74)58-85-91(79,80)87-62-68(60-83-70(75)54-47-40-32-27-23-19-18-21-26-31-38-45-52-65(4)5)89-73(78)57-50-43-34-29-24-17-15-16-20-25-30-37-44-51-64(2)3/h64-69,74H,8-63H2,1-7H3,(H,79,80)(H,81,82)/t67-,68-,69-/m1/s1. The molecule has 0 aromatic heterocycles. The van der Waals surface area contributed by atoms with Crippen LogP contribution in [0.2, 0.25) is 0 Å². The van der Waals surface area contributed by atoms with Gasteiger partial charge in [-0.3, -0.25) is 37.3 Å². The first kappa shape index (κ1) is 90.1. The molecule has 92 heavy (non-hydrogen) atoms. The van der Waals surface area contributed by atoms with Gasteiger partial charge in [0.2, 0.25) is 0 Å². The average Bonchev–Trinajstić information content (AvgIpc) is 3.13. The zero-order valence-electron chi connectivity index (χ0n) is 60.0. The smallest absolute Gasteiger partial charge is 0.462 e. The molecule has 0 spiro atoms. The molecule has 2 unspecified atom stereocenters. The van der Waals surface area contributed by atoms with Crippen molar-refractivity contribution in [2.45, 2.75) is 388 Å². The van der Waals surface area contributed by atoms with E-state index in [2.05, 4.69) is 48.5 Å². The molecule has 0 aromatic carbocycles. The predicted molar refractivity (Wildman–Crippen MR) is 372 cm³/mol. The number of hydrogen-bond acceptors (Lipinski definition) is 15. The van der Waals surface area contributed by atoms with Gasteiger partial charge in [0.1, 0.15) is 19.3 Å². The van der Waals surface area contributed by atoms with E-state index in [0.29, 0.717) is 31.6 Å². The first-order valence-electron chi connectivity index (χ1n) is 37.8. The molecule has 5 atom stereocenters. The summed E-state index contributed by atoms with van der Waals surface area (Å²) >= 11 is 0. The molecule has 0 aliphatic rings. The number of rotatable bonds is 71. The van der Waals surface area contributed by atoms with Crippen molar-refractivity contribution >= 4 is 39.5 Å². The van der Waals surface area contributed by atoms with Gasteiger partial charge in [0.05, 0.1) is 26.4 Å². The third kappa shape index (κ3) is 66.7. The summed E-state index contributed by atoms with van der Waals surface area (Å²) < 4.78 is 68.4. The van der Waals surface area contributed by atoms with Crippen molar-refractivity contribution in [2.75, 3.05) is 39.6 Å². The summed E-state index contributed by atoms with van der Waals surface area (Å²) in [4.78, 5) is 72.6. The molecule has 0 rings (SSSR count). The summed E-state index contributed by atoms with van der Waals surface area (Å²) in [6.45, 7) is 11.8. The SMILES string of the molecule is CCCCCCCCCCCCCCC(=O)O[C@H](COC(=O)CCCCCCCCC(C)C)COP(=O)(O)OC[C@H](O)COP(=O)(O)OC[C@@H](COC(=O)CCCCCCCCCCCCCCC(C)C)OC(=O)CCCCCCCCCCCCCCCC(C)C. The van der Waals surface area contributed by atoms with Crippen LogP contribution in [0.1, 0.15) is 370 Å². The van der Waals surface area contributed by atoms with Crippen molar-refractivity contribution in [3.05, 3.63) is 0 Å². The Hall–Kier alpha value is -1.94. The Morgan fingerprint density at radius 2 is 0.500 bits per heavy atom. The molecule has 0 radical (unpaired) electrons. The van der Waals surface area contributed by atoms with E-state index < -0.39 is 97.5 Å². The number of unbranched alkanes of at least 4 members (excludes halogenated alkanes) is 39. The highest BCUT2D eigenvalue weighted by Gasteiger charge is 2.30. The first-order valence-corrected chi connectivity index (χ1v) is 40.8. The third-order valence-electron chi connectivity index (χ3n) is 16.9. The molecule has 0 aliphatic carbocycles. The largest absolute Gasteiger partial charge is 0.472 e. The second-order valence-corrected chi connectivity index (χ2v) is 30.7. The Labute approximate surface area is 562 Å². The Bertz CT molecular complexity index is 1800. The number of aliphatic hydroxyl groups is 1. The molecular formula is C73H142O17P2. The minimum Gasteiger partial charge on any atom is -0.462 e. The van der Waals surface area contributed by atoms with Gasteiger partial charge in [0, 0.05) is 25.7 Å². The van der Waals surface area contributed by atoms with Gasteiger partial charge < -0.3 is 33.8 Å². The number of hydrogen-bond donors (Lipinski definition) is 3. The lowest BCUT2D eigenvalue weighted by atomic mass is 10.0. The normalized spacial score (nSPS) is 14.1. The molecule has 0 saturated carbocycles. The van der Waals surface area contributed by atoms with Crippen LogP contribution in [-0.4, -0.2) is 96.7 Å². The fourth-order valence-electron chi connectivity index (χ4n) is 11.1. The van der Waals surface area contributed by atoms with E-state index in [9.17, 15) is 43.2 Å². The topological polar surface area (TPSA) is 237 Å². The van der Waals surface area contributed by atoms with Gasteiger partial charge in [-0.15, -0.1) is 0 Å². The summed E-state index contributed by atoms with van der Waals surface area (Å²) in [5.41, 5.74) is 0. The molecule has 0 heterocycles. The van der Waals surface area contributed by atoms with Crippen LogP contribution < -0.4 is 0 Å². The van der Waals surface area contributed by atoms with Crippen molar-refractivity contribution in [2.24, 2.45) is 17.8 Å². The van der Waals surface area contributed by atoms with Crippen LogP contribution in [0.15, 0.2) is 0 Å². The molecule has 0 amide bonds. The van der Waals surface area contributed by atoms with Gasteiger partial charge in [0.15, 0.2) is 12.2 Å². The van der Waals surface area contributed by atoms with Crippen molar-refractivity contribution in [1.29, 1.82) is 0 Å². The van der Waals surface area contributed by atoms with Crippen molar-refractivity contribution < 1.29 is 80.2 Å². The number of aliphatic hydroxyl groups excluding tert-OH is 1. The highest BCUT2D eigenvalue weighted by Crippen LogP contribution is 2.45. The Morgan fingerprint density at radius 3 is 0.739 bits per heavy atom. The molecule has 0 fully saturated rings. The van der Waals surface area contributed by atoms with Gasteiger partial charge in [-0.05, 0) is 43.4 Å². The number of esters is 4. The minimum absolute atomic E-state index is 0.106. The zero-order valence-corrected chi connectivity index (χ0v) is 61.8. The second kappa shape index (κ2) is 63.8. The number of phosphoric acid groups is 2. The van der Waals surface area contributed by atoms with Crippen LogP contribution in [-0.2, 0) is 65.4 Å². The predicted octanol–water partition coefficient (Wildman–Crippen LogP) is 21.0. The summed E-state index contributed by atoms with van der Waals surface area (Å²) in [5, 5.41) is 10.6. The van der Waals surface area contributed by atoms with E-state index in [0.717, 1.165) is 108 Å². The van der Waals surface area contributed by atoms with Gasteiger partial charge in [-0.25, -0.2) is 9.13 Å². The van der Waals surface area contributed by atoms with Crippen LogP contribution in [0.3, 0.4) is 0 Å². The van der Waals surface area contributed by atoms with E-state index in [1.165, 1.54) is 173 Å². The molecular weight excluding hydrogens is 1210 g/mol. The molecule has 0 bridgehead atoms. The Morgan fingerprint density at radius 1 is 0.293 bits per heavy atom. The van der Waals surface area contributed by atoms with E-state index in [1.807, 2.05) is 0 Å². The number of carbonyl (C=O) groups excluding carboxylic acids is 4. The molecule has 19 heteroatoms. The number of ether oxygens (including phenoxy) is 4. The van der Waals surface area contributed by atoms with E-state index in [-0.39, 0.29) is 25.7 Å². The van der Waals surface area contributed by atoms with Gasteiger partial charge >= 0.3 is 39.5 Å². The maximum Gasteiger partial charge on any atom is 0.472 e. The van der Waals surface area contributed by atoms with E-state index >= 15 is 0 Å². The first-order chi connectivity index (χ1) is 44.2. The average molecular weight is 1350 g/mol. The quantitative estimate of drug-likeness (QED) is 0.0222. The summed E-state index contributed by atoms with van der Waals surface area (Å²) in [6, 6.07) is 0. The Balaban J connectivity index is 5.24. The highest BCUT2D eigenvalue weighted by molar-refractivity contribution is 7.47. The fourth-order valence-corrected chi connectivity index (χ4v) is 12.7. The van der Waals surface area contributed by atoms with Crippen LogP contribution in [0.5, 0.6) is 0 Å². The lowest BCUT2D eigenvalue weighted by Gasteiger charge is -2.21. The van der Waals surface area contributed by atoms with Crippen molar-refractivity contribution in [1.82, 2.24) is 0 Å². The van der Waals surface area contributed by atoms with Crippen molar-refractivity contribution in [3.8, 4) is 0 Å². The molecule has 0 aliphatic heterocycles. The summed E-state index contributed by atoms with van der Waals surface area (Å²) in [7, 11) is -9.91. The van der Waals surface area contributed by atoms with Crippen LogP contribution in [0, 0.1) is 17.8 Å². The number of carbonyl (C=O) groups is 4. The summed E-state index contributed by atoms with van der Waals surface area (Å²) in [5.74, 6) is 0.126. The molecule has 0 aromatic rings. The van der Waals surface area contributed by atoms with Crippen LogP contribution >= 0.6 is 15.6 Å². The van der Waals surface area contributed by atoms with Gasteiger partial charge in [-0.2, -0.15) is 0 Å². The van der Waals surface area contributed by atoms with Crippen molar-refractivity contribution in [3.63, 3.8) is 0 Å². The lowest BCUT2D eigenvalue weighted by molar-refractivity contribution is -0.161. The number of phosphoric ester groups is 2. The third-order valence-corrected chi connectivity index (χ3v) is 18.8. The molecule has 3 N–H and O–H groups in total. The maximum atomic E-state index is 13.1. The lowest BCUT2D eigenvalue weighted by Crippen LogP contribution is -2.30. The minimum atomic E-state index is -4.96. The maximum absolute atomic E-state index is 13.1. The zero-order chi connectivity index (χ0) is 68.0. The monoisotopic (exact) mass is 1350 g/mol. The van der Waals surface area contributed by atoms with Crippen LogP contribution in [0.4, 0.5) is 0 Å². The molecule has 17 nitrogen and oxygen atoms in total. The Kier molecular flexibility index (Phi) is 62.4. The second-order valence-electron chi connectivity index (χ2n) is 27.8. The fraction of sp³-hybridized carbons (Fsp3) is 0.945.